The monoisotopic (exact) mass is 392 g/mol. The molecule has 1 atom stereocenters. The summed E-state index contributed by atoms with van der Waals surface area (Å²) in [5, 5.41) is 22.3. The highest BCUT2D eigenvalue weighted by molar-refractivity contribution is 6.04. The molecule has 154 valence electrons. The average molecular weight is 392 g/mol. The lowest BCUT2D eigenvalue weighted by atomic mass is 10.0. The third-order valence-corrected chi connectivity index (χ3v) is 5.09. The van der Waals surface area contributed by atoms with Gasteiger partial charge in [0, 0.05) is 25.1 Å². The Hall–Kier alpha value is -2.32. The number of carbonyl (C=O) groups is 1. The van der Waals surface area contributed by atoms with E-state index in [0.29, 0.717) is 23.6 Å². The van der Waals surface area contributed by atoms with Crippen LogP contribution in [0.25, 0.3) is 0 Å². The zero-order valence-corrected chi connectivity index (χ0v) is 16.2. The van der Waals surface area contributed by atoms with Gasteiger partial charge >= 0.3 is 0 Å². The van der Waals surface area contributed by atoms with E-state index in [0.717, 1.165) is 18.4 Å². The third-order valence-electron chi connectivity index (χ3n) is 5.09. The average Bonchev–Trinajstić information content (AvgIpc) is 3.39. The van der Waals surface area contributed by atoms with E-state index in [9.17, 15) is 4.79 Å². The number of aliphatic hydroxyl groups excluding tert-OH is 2. The summed E-state index contributed by atoms with van der Waals surface area (Å²) < 4.78 is 11.5. The molecular formula is C20H28N2O6. The molecule has 1 amide bonds. The molecule has 2 N–H and O–H groups in total. The summed E-state index contributed by atoms with van der Waals surface area (Å²) in [6, 6.07) is 5.58. The molecule has 1 saturated carbocycles. The van der Waals surface area contributed by atoms with Gasteiger partial charge in [-0.3, -0.25) is 4.79 Å². The van der Waals surface area contributed by atoms with Crippen LogP contribution in [0.1, 0.15) is 37.7 Å². The number of hydrogen-bond donors (Lipinski definition) is 2. The van der Waals surface area contributed by atoms with E-state index >= 15 is 0 Å². The van der Waals surface area contributed by atoms with Gasteiger partial charge in [-0.05, 0) is 43.9 Å². The first-order chi connectivity index (χ1) is 13.7. The summed E-state index contributed by atoms with van der Waals surface area (Å²) in [5.41, 5.74) is 1.48. The van der Waals surface area contributed by atoms with Crippen LogP contribution in [0.15, 0.2) is 23.4 Å². The Balaban J connectivity index is 1.69. The fourth-order valence-electron chi connectivity index (χ4n) is 3.59. The van der Waals surface area contributed by atoms with Crippen LogP contribution < -0.4 is 9.47 Å². The molecule has 8 heteroatoms. The lowest BCUT2D eigenvalue weighted by molar-refractivity contribution is -0.143. The Bertz CT molecular complexity index is 696. The number of ether oxygens (including phenoxy) is 2. The summed E-state index contributed by atoms with van der Waals surface area (Å²) in [6.45, 7) is -0.0496. The van der Waals surface area contributed by atoms with Crippen molar-refractivity contribution in [1.82, 2.24) is 4.90 Å². The number of nitrogens with zero attached hydrogens (tertiary/aromatic N) is 2. The molecule has 3 rings (SSSR count). The number of benzene rings is 1. The van der Waals surface area contributed by atoms with Gasteiger partial charge in [0.15, 0.2) is 11.5 Å². The van der Waals surface area contributed by atoms with Crippen molar-refractivity contribution in [2.75, 3.05) is 33.4 Å². The summed E-state index contributed by atoms with van der Waals surface area (Å²) in [5.74, 6) is 1.05. The van der Waals surface area contributed by atoms with Gasteiger partial charge in [0.05, 0.1) is 32.1 Å². The number of carbonyl (C=O) groups excluding carboxylic acids is 1. The van der Waals surface area contributed by atoms with Gasteiger partial charge in [0.1, 0.15) is 0 Å². The third kappa shape index (κ3) is 4.74. The summed E-state index contributed by atoms with van der Waals surface area (Å²) in [4.78, 5) is 19.3. The van der Waals surface area contributed by atoms with Gasteiger partial charge in [0.2, 0.25) is 6.10 Å². The van der Waals surface area contributed by atoms with Crippen LogP contribution in [0.5, 0.6) is 11.5 Å². The van der Waals surface area contributed by atoms with Crippen molar-refractivity contribution in [2.45, 2.75) is 44.3 Å². The molecule has 0 bridgehead atoms. The largest absolute Gasteiger partial charge is 0.493 e. The minimum absolute atomic E-state index is 0.149. The van der Waals surface area contributed by atoms with Crippen LogP contribution in [0.2, 0.25) is 0 Å². The smallest absolute Gasteiger partial charge is 0.267 e. The maximum atomic E-state index is 12.6. The van der Waals surface area contributed by atoms with Gasteiger partial charge < -0.3 is 29.4 Å². The molecule has 1 aliphatic heterocycles. The Morgan fingerprint density at radius 3 is 2.57 bits per heavy atom. The Labute approximate surface area is 164 Å². The van der Waals surface area contributed by atoms with E-state index in [4.69, 9.17) is 24.5 Å². The molecule has 0 radical (unpaired) electrons. The number of methoxy groups -OCH3 is 1. The predicted molar refractivity (Wildman–Crippen MR) is 103 cm³/mol. The second-order valence-corrected chi connectivity index (χ2v) is 7.00. The molecule has 1 fully saturated rings. The van der Waals surface area contributed by atoms with Crippen LogP contribution in [0, 0.1) is 0 Å². The molecule has 8 nitrogen and oxygen atoms in total. The lowest BCUT2D eigenvalue weighted by Crippen LogP contribution is -2.42. The van der Waals surface area contributed by atoms with Crippen molar-refractivity contribution >= 4 is 11.6 Å². The van der Waals surface area contributed by atoms with Crippen molar-refractivity contribution < 1.29 is 29.3 Å². The zero-order valence-electron chi connectivity index (χ0n) is 16.2. The minimum atomic E-state index is -0.755. The molecule has 1 heterocycles. The fourth-order valence-corrected chi connectivity index (χ4v) is 3.59. The van der Waals surface area contributed by atoms with Crippen molar-refractivity contribution in [3.05, 3.63) is 23.8 Å². The van der Waals surface area contributed by atoms with Gasteiger partial charge in [-0.25, -0.2) is 0 Å². The zero-order chi connectivity index (χ0) is 19.9. The standard InChI is InChI=1S/C20H28N2O6/c1-26-17-7-6-14(12-18(17)27-15-4-2-3-5-15)16-13-19(28-21-16)20(25)22(8-10-23)9-11-24/h6-7,12,15,19,23-24H,2-5,8-11,13H2,1H3. The van der Waals surface area contributed by atoms with E-state index in [-0.39, 0.29) is 38.3 Å². The Kier molecular flexibility index (Phi) is 7.11. The molecule has 1 aromatic rings. The van der Waals surface area contributed by atoms with Gasteiger partial charge in [-0.2, -0.15) is 0 Å². The molecule has 1 unspecified atom stereocenters. The number of oxime groups is 1. The van der Waals surface area contributed by atoms with Crippen LogP contribution in [-0.4, -0.2) is 72.4 Å². The molecule has 0 aromatic heterocycles. The highest BCUT2D eigenvalue weighted by Crippen LogP contribution is 2.33. The quantitative estimate of drug-likeness (QED) is 0.657. The van der Waals surface area contributed by atoms with Crippen molar-refractivity contribution in [1.29, 1.82) is 0 Å². The Morgan fingerprint density at radius 2 is 1.93 bits per heavy atom. The topological polar surface area (TPSA) is 101 Å². The van der Waals surface area contributed by atoms with E-state index < -0.39 is 6.10 Å². The van der Waals surface area contributed by atoms with E-state index in [1.807, 2.05) is 18.2 Å². The lowest BCUT2D eigenvalue weighted by Gasteiger charge is -2.22. The molecule has 1 aliphatic carbocycles. The highest BCUT2D eigenvalue weighted by atomic mass is 16.6. The predicted octanol–water partition coefficient (Wildman–Crippen LogP) is 1.32. The van der Waals surface area contributed by atoms with Crippen LogP contribution >= 0.6 is 0 Å². The fraction of sp³-hybridized carbons (Fsp3) is 0.600. The molecule has 0 saturated heterocycles. The normalized spacial score (nSPS) is 19.2. The van der Waals surface area contributed by atoms with Crippen LogP contribution in [0.3, 0.4) is 0 Å². The molecule has 0 spiro atoms. The molecule has 1 aromatic carbocycles. The van der Waals surface area contributed by atoms with Crippen LogP contribution in [-0.2, 0) is 9.63 Å². The first kappa shape index (κ1) is 20.4. The second-order valence-electron chi connectivity index (χ2n) is 7.00. The SMILES string of the molecule is COc1ccc(C2=NOC(C(=O)N(CCO)CCO)C2)cc1OC1CCCC1. The number of aliphatic hydroxyl groups is 2. The maximum Gasteiger partial charge on any atom is 0.267 e. The van der Waals surface area contributed by atoms with Crippen molar-refractivity contribution in [3.63, 3.8) is 0 Å². The maximum absolute atomic E-state index is 12.6. The van der Waals surface area contributed by atoms with Gasteiger partial charge in [-0.15, -0.1) is 0 Å². The first-order valence-corrected chi connectivity index (χ1v) is 9.74. The molecule has 2 aliphatic rings. The molecular weight excluding hydrogens is 364 g/mol. The minimum Gasteiger partial charge on any atom is -0.493 e. The number of rotatable bonds is 9. The second kappa shape index (κ2) is 9.75. The first-order valence-electron chi connectivity index (χ1n) is 9.74. The van der Waals surface area contributed by atoms with Crippen molar-refractivity contribution in [3.8, 4) is 11.5 Å². The van der Waals surface area contributed by atoms with E-state index in [1.165, 1.54) is 17.7 Å². The number of amides is 1. The van der Waals surface area contributed by atoms with E-state index in [2.05, 4.69) is 5.16 Å². The summed E-state index contributed by atoms with van der Waals surface area (Å²) >= 11 is 0. The molecule has 28 heavy (non-hydrogen) atoms. The van der Waals surface area contributed by atoms with Crippen molar-refractivity contribution in [2.24, 2.45) is 5.16 Å². The summed E-state index contributed by atoms with van der Waals surface area (Å²) in [7, 11) is 1.61. The summed E-state index contributed by atoms with van der Waals surface area (Å²) in [6.07, 6.45) is 4.20. The Morgan fingerprint density at radius 1 is 1.21 bits per heavy atom. The van der Waals surface area contributed by atoms with Gasteiger partial charge in [-0.1, -0.05) is 5.16 Å². The van der Waals surface area contributed by atoms with E-state index in [1.54, 1.807) is 7.11 Å². The highest BCUT2D eigenvalue weighted by Gasteiger charge is 2.32. The van der Waals surface area contributed by atoms with Gasteiger partial charge in [0.25, 0.3) is 5.91 Å². The number of hydrogen-bond acceptors (Lipinski definition) is 7. The van der Waals surface area contributed by atoms with Crippen LogP contribution in [0.4, 0.5) is 0 Å².